The number of nitrogens with one attached hydrogen (secondary N) is 4. The number of carbonyl (C=O) groups excluding carboxylic acids is 4. The van der Waals surface area contributed by atoms with E-state index in [1.165, 1.54) is 14.2 Å². The number of aromatic amines is 2. The molecule has 4 fully saturated rings. The van der Waals surface area contributed by atoms with E-state index in [2.05, 4.69) is 38.8 Å². The third-order valence-corrected chi connectivity index (χ3v) is 13.8. The van der Waals surface area contributed by atoms with Gasteiger partial charge in [0.2, 0.25) is 11.8 Å². The third-order valence-electron chi connectivity index (χ3n) is 13.8. The van der Waals surface area contributed by atoms with E-state index in [0.717, 1.165) is 146 Å². The minimum absolute atomic E-state index is 0.0658. The summed E-state index contributed by atoms with van der Waals surface area (Å²) in [6.07, 6.45) is 14.1. The molecule has 9 rings (SSSR count). The van der Waals surface area contributed by atoms with Crippen molar-refractivity contribution in [2.75, 3.05) is 27.3 Å². The molecule has 2 aliphatic carbocycles. The highest BCUT2D eigenvalue weighted by atomic mass is 16.5. The maximum atomic E-state index is 14.1. The lowest BCUT2D eigenvalue weighted by Gasteiger charge is -2.34. The molecule has 0 bridgehead atoms. The van der Waals surface area contributed by atoms with E-state index in [0.29, 0.717) is 13.1 Å². The molecular formula is C47H57N9O6. The van der Waals surface area contributed by atoms with Crippen LogP contribution in [0.1, 0.15) is 114 Å². The van der Waals surface area contributed by atoms with E-state index in [9.17, 15) is 19.2 Å². The Kier molecular flexibility index (Phi) is 12.1. The zero-order chi connectivity index (χ0) is 42.7. The number of aromatic nitrogens is 5. The van der Waals surface area contributed by atoms with Gasteiger partial charge in [-0.05, 0) is 93.5 Å². The van der Waals surface area contributed by atoms with Gasteiger partial charge in [-0.3, -0.25) is 9.59 Å². The average molecular weight is 844 g/mol. The summed E-state index contributed by atoms with van der Waals surface area (Å²) < 4.78 is 9.83. The molecule has 15 nitrogen and oxygen atoms in total. The van der Waals surface area contributed by atoms with Crippen molar-refractivity contribution in [3.05, 3.63) is 66.4 Å². The second kappa shape index (κ2) is 18.2. The zero-order valence-electron chi connectivity index (χ0n) is 35.7. The SMILES string of the molecule is COC(=O)NC(C(=O)N1CCCC1c1ncc(-c2ccc3nc(-c4ccc5nc(C6CCCN6C(=O)C(NC(=O)OC)C6CCCCC6)[nH]c5c4)ccc3c2)[nH]1)C1CCCCC1. The number of H-pyrrole nitrogens is 2. The van der Waals surface area contributed by atoms with E-state index in [4.69, 9.17) is 24.4 Å². The fraction of sp³-hybridized carbons (Fsp3) is 0.511. The van der Waals surface area contributed by atoms with E-state index < -0.39 is 24.3 Å². The summed E-state index contributed by atoms with van der Waals surface area (Å²) >= 11 is 0. The van der Waals surface area contributed by atoms with Crippen LogP contribution in [0.3, 0.4) is 0 Å². The summed E-state index contributed by atoms with van der Waals surface area (Å²) in [6, 6.07) is 14.7. The lowest BCUT2D eigenvalue weighted by atomic mass is 9.83. The van der Waals surface area contributed by atoms with Crippen molar-refractivity contribution < 1.29 is 28.7 Å². The molecule has 4 unspecified atom stereocenters. The Balaban J connectivity index is 0.900. The average Bonchev–Trinajstić information content (AvgIpc) is 4.16. The first-order valence-electron chi connectivity index (χ1n) is 22.5. The number of hydrogen-bond acceptors (Lipinski definition) is 9. The molecule has 5 aromatic rings. The normalized spacial score (nSPS) is 20.9. The molecular weight excluding hydrogens is 787 g/mol. The minimum Gasteiger partial charge on any atom is -0.453 e. The van der Waals surface area contributed by atoms with Gasteiger partial charge in [-0.15, -0.1) is 0 Å². The Bertz CT molecular complexity index is 2430. The number of amides is 4. The molecule has 4 aliphatic rings. The van der Waals surface area contributed by atoms with Crippen molar-refractivity contribution in [1.82, 2.24) is 45.4 Å². The number of hydrogen-bond donors (Lipinski definition) is 4. The molecule has 5 heterocycles. The van der Waals surface area contributed by atoms with E-state index in [1.807, 2.05) is 46.3 Å². The van der Waals surface area contributed by atoms with Crippen LogP contribution in [0.2, 0.25) is 0 Å². The maximum Gasteiger partial charge on any atom is 0.407 e. The number of ether oxygens (including phenoxy) is 2. The van der Waals surface area contributed by atoms with Crippen LogP contribution in [0.15, 0.2) is 54.7 Å². The van der Waals surface area contributed by atoms with E-state index in [-0.39, 0.29) is 35.7 Å². The standard InChI is InChI=1S/C47H57N9O6/c1-61-46(59)53-40(28-11-5-3-6-12-28)44(57)55-23-9-15-38(55)42-48-27-37(52-42)31-18-21-33-30(25-31)17-20-34(49-33)32-19-22-35-36(26-32)51-43(50-35)39-16-10-24-56(39)45(58)41(54-47(60)62-2)29-13-7-4-8-14-29/h17-22,25-29,38-41H,3-16,23-24H2,1-2H3,(H,48,52)(H,50,51)(H,53,59)(H,54,60). The van der Waals surface area contributed by atoms with Crippen molar-refractivity contribution >= 4 is 45.9 Å². The fourth-order valence-corrected chi connectivity index (χ4v) is 10.5. The molecule has 2 aliphatic heterocycles. The first kappa shape index (κ1) is 41.4. The number of rotatable bonds is 10. The van der Waals surface area contributed by atoms with Crippen LogP contribution in [-0.4, -0.2) is 98.1 Å². The highest BCUT2D eigenvalue weighted by Crippen LogP contribution is 2.37. The highest BCUT2D eigenvalue weighted by molar-refractivity contribution is 5.89. The van der Waals surface area contributed by atoms with Gasteiger partial charge in [0.25, 0.3) is 0 Å². The van der Waals surface area contributed by atoms with Crippen molar-refractivity contribution in [2.45, 2.75) is 114 Å². The van der Waals surface area contributed by atoms with Gasteiger partial charge in [0.05, 0.1) is 60.4 Å². The summed E-state index contributed by atoms with van der Waals surface area (Å²) in [5.41, 5.74) is 6.12. The largest absolute Gasteiger partial charge is 0.453 e. The molecule has 4 atom stereocenters. The quantitative estimate of drug-likeness (QED) is 0.108. The molecule has 4 N–H and O–H groups in total. The van der Waals surface area contributed by atoms with Gasteiger partial charge in [0.1, 0.15) is 23.7 Å². The molecule has 2 aromatic carbocycles. The van der Waals surface area contributed by atoms with Gasteiger partial charge >= 0.3 is 12.2 Å². The smallest absolute Gasteiger partial charge is 0.407 e. The number of likely N-dealkylation sites (tertiary alicyclic amines) is 2. The number of benzene rings is 2. The van der Waals surface area contributed by atoms with Crippen LogP contribution in [0, 0.1) is 11.8 Å². The Morgan fingerprint density at radius 1 is 0.629 bits per heavy atom. The van der Waals surface area contributed by atoms with Gasteiger partial charge in [0.15, 0.2) is 0 Å². The Morgan fingerprint density at radius 3 is 1.82 bits per heavy atom. The highest BCUT2D eigenvalue weighted by Gasteiger charge is 2.41. The van der Waals surface area contributed by atoms with Crippen molar-refractivity contribution in [3.8, 4) is 22.5 Å². The molecule has 4 amide bonds. The van der Waals surface area contributed by atoms with Gasteiger partial charge in [-0.2, -0.15) is 0 Å². The van der Waals surface area contributed by atoms with Gasteiger partial charge in [-0.25, -0.2) is 24.5 Å². The minimum atomic E-state index is -0.616. The van der Waals surface area contributed by atoms with Crippen molar-refractivity contribution in [2.24, 2.45) is 11.8 Å². The second-order valence-corrected chi connectivity index (χ2v) is 17.5. The van der Waals surface area contributed by atoms with Crippen LogP contribution in [-0.2, 0) is 19.1 Å². The lowest BCUT2D eigenvalue weighted by molar-refractivity contribution is -0.136. The number of methoxy groups -OCH3 is 2. The van der Waals surface area contributed by atoms with Crippen LogP contribution in [0.5, 0.6) is 0 Å². The van der Waals surface area contributed by atoms with Gasteiger partial charge in [0, 0.05) is 29.6 Å². The second-order valence-electron chi connectivity index (χ2n) is 17.5. The summed E-state index contributed by atoms with van der Waals surface area (Å²) in [7, 11) is 2.66. The molecule has 2 saturated carbocycles. The van der Waals surface area contributed by atoms with Crippen molar-refractivity contribution in [3.63, 3.8) is 0 Å². The summed E-state index contributed by atoms with van der Waals surface area (Å²) in [5, 5.41) is 6.73. The van der Waals surface area contributed by atoms with Crippen LogP contribution < -0.4 is 10.6 Å². The molecule has 62 heavy (non-hydrogen) atoms. The molecule has 3 aromatic heterocycles. The summed E-state index contributed by atoms with van der Waals surface area (Å²) in [5.74, 6) is 1.53. The molecule has 2 saturated heterocycles. The third kappa shape index (κ3) is 8.45. The molecule has 15 heteroatoms. The summed E-state index contributed by atoms with van der Waals surface area (Å²) in [6.45, 7) is 1.23. The van der Waals surface area contributed by atoms with E-state index >= 15 is 0 Å². The van der Waals surface area contributed by atoms with Crippen LogP contribution >= 0.6 is 0 Å². The first-order valence-corrected chi connectivity index (χ1v) is 22.5. The van der Waals surface area contributed by atoms with E-state index in [1.54, 1.807) is 0 Å². The van der Waals surface area contributed by atoms with Crippen molar-refractivity contribution in [1.29, 1.82) is 0 Å². The molecule has 0 radical (unpaired) electrons. The molecule has 326 valence electrons. The monoisotopic (exact) mass is 843 g/mol. The predicted octanol–water partition coefficient (Wildman–Crippen LogP) is 8.11. The number of alkyl carbamates (subject to hydrolysis) is 2. The number of imidazole rings is 2. The maximum absolute atomic E-state index is 14.1. The number of carbonyl (C=O) groups is 4. The Hall–Kier alpha value is -5.99. The lowest BCUT2D eigenvalue weighted by Crippen LogP contribution is -2.52. The van der Waals surface area contributed by atoms with Gasteiger partial charge in [-0.1, -0.05) is 56.7 Å². The van der Waals surface area contributed by atoms with Gasteiger partial charge < -0.3 is 39.9 Å². The number of nitrogens with zero attached hydrogens (tertiary/aromatic N) is 5. The van der Waals surface area contributed by atoms with Crippen LogP contribution in [0.25, 0.3) is 44.5 Å². The first-order chi connectivity index (χ1) is 30.3. The predicted molar refractivity (Wildman–Crippen MR) is 234 cm³/mol. The Morgan fingerprint density at radius 2 is 1.21 bits per heavy atom. The van der Waals surface area contributed by atoms with Crippen LogP contribution in [0.4, 0.5) is 9.59 Å². The number of pyridine rings is 1. The Labute approximate surface area is 361 Å². The fourth-order valence-electron chi connectivity index (χ4n) is 10.5. The topological polar surface area (TPSA) is 188 Å². The zero-order valence-corrected chi connectivity index (χ0v) is 35.7. The number of fused-ring (bicyclic) bond motifs is 2. The summed E-state index contributed by atoms with van der Waals surface area (Å²) in [4.78, 5) is 78.4. The molecule has 0 spiro atoms.